The highest BCUT2D eigenvalue weighted by atomic mass is 16.3. The molecule has 0 aliphatic carbocycles. The molecule has 4 unspecified atom stereocenters. The van der Waals surface area contributed by atoms with Crippen LogP contribution in [0.15, 0.2) is 48.6 Å². The van der Waals surface area contributed by atoms with Crippen LogP contribution in [0.1, 0.15) is 386 Å². The minimum atomic E-state index is -1.30. The molecule has 6 heteroatoms. The fourth-order valence-corrected chi connectivity index (χ4v) is 11.4. The second-order valence-corrected chi connectivity index (χ2v) is 24.9. The zero-order valence-corrected chi connectivity index (χ0v) is 53.8. The molecule has 0 aliphatic heterocycles. The number of allylic oxidation sites excluding steroid dienone is 8. The van der Waals surface area contributed by atoms with Crippen molar-refractivity contribution < 1.29 is 25.2 Å². The van der Waals surface area contributed by atoms with Gasteiger partial charge in [-0.1, -0.05) is 345 Å². The van der Waals surface area contributed by atoms with Crippen molar-refractivity contribution in [2.75, 3.05) is 6.61 Å². The summed E-state index contributed by atoms with van der Waals surface area (Å²) in [6, 6.07) is -1.01. The van der Waals surface area contributed by atoms with E-state index in [9.17, 15) is 25.2 Å². The molecule has 0 fully saturated rings. The van der Waals surface area contributed by atoms with Gasteiger partial charge in [-0.2, -0.15) is 0 Å². The Morgan fingerprint density at radius 3 is 0.787 bits per heavy atom. The van der Waals surface area contributed by atoms with E-state index in [2.05, 4.69) is 67.8 Å². The molecule has 472 valence electrons. The van der Waals surface area contributed by atoms with E-state index in [0.29, 0.717) is 19.3 Å². The fraction of sp³-hybridized carbons (Fsp3) is 0.878. The molecule has 0 radical (unpaired) electrons. The maximum atomic E-state index is 12.7. The predicted molar refractivity (Wildman–Crippen MR) is 353 cm³/mol. The van der Waals surface area contributed by atoms with Gasteiger partial charge in [0, 0.05) is 0 Å². The molecule has 0 aromatic heterocycles. The molecular weight excluding hydrogens is 983 g/mol. The van der Waals surface area contributed by atoms with Crippen LogP contribution in [0.2, 0.25) is 0 Å². The number of nitrogens with one attached hydrogen (secondary N) is 1. The van der Waals surface area contributed by atoms with Crippen LogP contribution < -0.4 is 5.32 Å². The van der Waals surface area contributed by atoms with Crippen molar-refractivity contribution in [3.63, 3.8) is 0 Å². The van der Waals surface area contributed by atoms with Crippen molar-refractivity contribution >= 4 is 5.91 Å². The van der Waals surface area contributed by atoms with Gasteiger partial charge in [0.05, 0.1) is 18.8 Å². The highest BCUT2D eigenvalue weighted by Crippen LogP contribution is 2.19. The molecule has 1 amide bonds. The van der Waals surface area contributed by atoms with E-state index in [1.54, 1.807) is 0 Å². The summed E-state index contributed by atoms with van der Waals surface area (Å²) in [7, 11) is 0. The van der Waals surface area contributed by atoms with E-state index in [0.717, 1.165) is 51.4 Å². The molecule has 0 bridgehead atoms. The zero-order valence-electron chi connectivity index (χ0n) is 53.8. The van der Waals surface area contributed by atoms with Gasteiger partial charge in [-0.3, -0.25) is 4.79 Å². The van der Waals surface area contributed by atoms with Gasteiger partial charge >= 0.3 is 0 Å². The third-order valence-corrected chi connectivity index (χ3v) is 17.0. The van der Waals surface area contributed by atoms with Gasteiger partial charge in [-0.05, 0) is 89.9 Å². The van der Waals surface area contributed by atoms with Crippen LogP contribution in [-0.4, -0.2) is 57.3 Å². The lowest BCUT2D eigenvalue weighted by molar-refractivity contribution is -0.132. The first-order chi connectivity index (χ1) is 39.5. The maximum absolute atomic E-state index is 12.7. The summed E-state index contributed by atoms with van der Waals surface area (Å²) in [5.74, 6) is -0.594. The summed E-state index contributed by atoms with van der Waals surface area (Å²) in [6.45, 7) is 4.09. The number of carbonyl (C=O) groups is 1. The van der Waals surface area contributed by atoms with Crippen LogP contribution in [-0.2, 0) is 4.79 Å². The monoisotopic (exact) mass is 1120 g/mol. The molecule has 0 saturated heterocycles. The molecule has 0 aliphatic rings. The van der Waals surface area contributed by atoms with Crippen molar-refractivity contribution in [1.29, 1.82) is 0 Å². The molecule has 0 aromatic carbocycles. The van der Waals surface area contributed by atoms with Crippen molar-refractivity contribution in [3.8, 4) is 0 Å². The molecule has 6 nitrogen and oxygen atoms in total. The van der Waals surface area contributed by atoms with Crippen molar-refractivity contribution in [2.24, 2.45) is 0 Å². The first-order valence-corrected chi connectivity index (χ1v) is 36.0. The van der Waals surface area contributed by atoms with E-state index in [1.165, 1.54) is 302 Å². The Morgan fingerprint density at radius 1 is 0.300 bits per heavy atom. The third-order valence-electron chi connectivity index (χ3n) is 17.0. The summed E-state index contributed by atoms with van der Waals surface area (Å²) >= 11 is 0. The molecule has 5 N–H and O–H groups in total. The van der Waals surface area contributed by atoms with Crippen LogP contribution >= 0.6 is 0 Å². The van der Waals surface area contributed by atoms with Gasteiger partial charge in [0.2, 0.25) is 5.91 Å². The van der Waals surface area contributed by atoms with Crippen LogP contribution in [0.4, 0.5) is 0 Å². The van der Waals surface area contributed by atoms with E-state index in [1.807, 2.05) is 0 Å². The van der Waals surface area contributed by atoms with Gasteiger partial charge in [0.25, 0.3) is 0 Å². The summed E-state index contributed by atoms with van der Waals surface area (Å²) < 4.78 is 0. The zero-order chi connectivity index (χ0) is 58.0. The normalized spacial score (nSPS) is 13.7. The Bertz CT molecular complexity index is 1310. The lowest BCUT2D eigenvalue weighted by atomic mass is 10.00. The Morgan fingerprint density at radius 2 is 0.525 bits per heavy atom. The summed E-state index contributed by atoms with van der Waals surface area (Å²) in [5, 5.41) is 44.2. The average molecular weight is 1120 g/mol. The molecule has 4 atom stereocenters. The lowest BCUT2D eigenvalue weighted by Crippen LogP contribution is -2.53. The number of hydrogen-bond donors (Lipinski definition) is 5. The minimum Gasteiger partial charge on any atom is -0.394 e. The number of amides is 1. The molecule has 0 heterocycles. The SMILES string of the molecule is CCCCCCCCCCCCCC/C=C\CCCCCCCCCCCCCCCCCCC(O)C(=O)NC(CO)C(O)C(O)CCC/C=C/CC/C=C/CC/C=C/CCCCCCCCCCCCCCCCCCCCC. The highest BCUT2D eigenvalue weighted by Gasteiger charge is 2.28. The highest BCUT2D eigenvalue weighted by molar-refractivity contribution is 5.80. The van der Waals surface area contributed by atoms with E-state index in [4.69, 9.17) is 0 Å². The molecule has 0 spiro atoms. The van der Waals surface area contributed by atoms with Crippen molar-refractivity contribution in [1.82, 2.24) is 5.32 Å². The Balaban J connectivity index is 3.61. The van der Waals surface area contributed by atoms with Gasteiger partial charge in [-0.25, -0.2) is 0 Å². The topological polar surface area (TPSA) is 110 Å². The van der Waals surface area contributed by atoms with Crippen LogP contribution in [0, 0.1) is 0 Å². The summed E-state index contributed by atoms with van der Waals surface area (Å²) in [4.78, 5) is 12.7. The number of unbranched alkanes of at least 4 members (excludes halogenated alkanes) is 50. The molecule has 0 aromatic rings. The molecule has 80 heavy (non-hydrogen) atoms. The van der Waals surface area contributed by atoms with Gasteiger partial charge in [0.15, 0.2) is 0 Å². The van der Waals surface area contributed by atoms with Gasteiger partial charge in [0.1, 0.15) is 12.2 Å². The predicted octanol–water partition coefficient (Wildman–Crippen LogP) is 22.4. The summed E-state index contributed by atoms with van der Waals surface area (Å²) in [5.41, 5.74) is 0. The fourth-order valence-electron chi connectivity index (χ4n) is 11.4. The number of hydrogen-bond acceptors (Lipinski definition) is 5. The van der Waals surface area contributed by atoms with Gasteiger partial charge < -0.3 is 25.7 Å². The average Bonchev–Trinajstić information content (AvgIpc) is 3.46. The lowest BCUT2D eigenvalue weighted by Gasteiger charge is -2.27. The van der Waals surface area contributed by atoms with Crippen LogP contribution in [0.25, 0.3) is 0 Å². The molecule has 0 saturated carbocycles. The smallest absolute Gasteiger partial charge is 0.249 e. The van der Waals surface area contributed by atoms with E-state index < -0.39 is 36.9 Å². The number of aliphatic hydroxyl groups is 4. The minimum absolute atomic E-state index is 0.360. The Kier molecular flexibility index (Phi) is 66.6. The van der Waals surface area contributed by atoms with E-state index >= 15 is 0 Å². The largest absolute Gasteiger partial charge is 0.394 e. The Hall–Kier alpha value is -1.73. The second-order valence-electron chi connectivity index (χ2n) is 24.9. The van der Waals surface area contributed by atoms with Crippen molar-refractivity contribution in [3.05, 3.63) is 48.6 Å². The van der Waals surface area contributed by atoms with Crippen LogP contribution in [0.3, 0.4) is 0 Å². The number of rotatable bonds is 67. The molecular formula is C74H141NO5. The van der Waals surface area contributed by atoms with Gasteiger partial charge in [-0.15, -0.1) is 0 Å². The number of aliphatic hydroxyl groups excluding tert-OH is 4. The third kappa shape index (κ3) is 60.8. The summed E-state index contributed by atoms with van der Waals surface area (Å²) in [6.07, 6.45) is 89.7. The first kappa shape index (κ1) is 78.3. The quantitative estimate of drug-likeness (QED) is 0.0308. The van der Waals surface area contributed by atoms with Crippen molar-refractivity contribution in [2.45, 2.75) is 411 Å². The maximum Gasteiger partial charge on any atom is 0.249 e. The standard InChI is InChI=1S/C74H141NO5/c1-3-5-7-9-11-13-15-17-19-21-23-25-27-29-31-33-35-37-39-41-43-45-47-49-51-53-55-57-59-61-63-65-67-71(77)73(79)70(69-76)75-74(80)72(78)68-66-64-62-60-58-56-54-52-50-48-46-44-42-40-38-36-34-32-30-28-26-24-22-20-18-16-14-12-10-8-6-4-2/h30,32,43,45,51,53,59,61,70-73,76-79H,3-29,31,33-42,44,46-50,52,54-58,60,62-69H2,1-2H3,(H,75,80)/b32-30-,45-43+,53-51+,61-59+. The Labute approximate surface area is 500 Å². The second kappa shape index (κ2) is 68.1. The van der Waals surface area contributed by atoms with Crippen LogP contribution in [0.5, 0.6) is 0 Å². The van der Waals surface area contributed by atoms with E-state index in [-0.39, 0.29) is 0 Å². The molecule has 0 rings (SSSR count). The number of carbonyl (C=O) groups excluding carboxylic acids is 1. The first-order valence-electron chi connectivity index (χ1n) is 36.0.